The third-order valence-corrected chi connectivity index (χ3v) is 2.48. The number of rotatable bonds is 4. The molecule has 0 radical (unpaired) electrons. The van der Waals surface area contributed by atoms with Gasteiger partial charge in [-0.1, -0.05) is 18.5 Å². The summed E-state index contributed by atoms with van der Waals surface area (Å²) >= 11 is 5.90. The molecule has 0 saturated heterocycles. The van der Waals surface area contributed by atoms with Crippen molar-refractivity contribution in [2.45, 2.75) is 13.0 Å². The van der Waals surface area contributed by atoms with Gasteiger partial charge in [-0.2, -0.15) is 5.10 Å². The number of aryl methyl sites for hydroxylation is 1. The van der Waals surface area contributed by atoms with Crippen LogP contribution in [-0.4, -0.2) is 28.6 Å². The SMILES string of the molecule is COCC(C)C(O)c1c(Cl)cnn1C. The summed E-state index contributed by atoms with van der Waals surface area (Å²) in [7, 11) is 3.36. The molecule has 14 heavy (non-hydrogen) atoms. The van der Waals surface area contributed by atoms with Crippen molar-refractivity contribution in [2.75, 3.05) is 13.7 Å². The Morgan fingerprint density at radius 1 is 1.71 bits per heavy atom. The molecule has 80 valence electrons. The molecular formula is C9H15ClN2O2. The average molecular weight is 219 g/mol. The van der Waals surface area contributed by atoms with Crippen LogP contribution in [0.2, 0.25) is 5.02 Å². The highest BCUT2D eigenvalue weighted by Gasteiger charge is 2.22. The Balaban J connectivity index is 2.82. The van der Waals surface area contributed by atoms with Crippen LogP contribution in [-0.2, 0) is 11.8 Å². The van der Waals surface area contributed by atoms with Gasteiger partial charge in [-0.25, -0.2) is 0 Å². The van der Waals surface area contributed by atoms with Crippen molar-refractivity contribution >= 4 is 11.6 Å². The fourth-order valence-corrected chi connectivity index (χ4v) is 1.65. The van der Waals surface area contributed by atoms with Gasteiger partial charge in [-0.3, -0.25) is 4.68 Å². The van der Waals surface area contributed by atoms with Gasteiger partial charge >= 0.3 is 0 Å². The Morgan fingerprint density at radius 2 is 2.36 bits per heavy atom. The number of aromatic nitrogens is 2. The van der Waals surface area contributed by atoms with E-state index in [0.29, 0.717) is 17.3 Å². The van der Waals surface area contributed by atoms with Crippen LogP contribution in [0.4, 0.5) is 0 Å². The van der Waals surface area contributed by atoms with Gasteiger partial charge in [0.1, 0.15) is 6.10 Å². The van der Waals surface area contributed by atoms with Crippen LogP contribution in [0.25, 0.3) is 0 Å². The molecule has 0 saturated carbocycles. The number of hydrogen-bond acceptors (Lipinski definition) is 3. The number of hydrogen-bond donors (Lipinski definition) is 1. The Kier molecular flexibility index (Phi) is 3.92. The first-order valence-electron chi connectivity index (χ1n) is 4.42. The van der Waals surface area contributed by atoms with Crippen molar-refractivity contribution in [3.8, 4) is 0 Å². The van der Waals surface area contributed by atoms with Crippen LogP contribution >= 0.6 is 11.6 Å². The van der Waals surface area contributed by atoms with E-state index in [1.54, 1.807) is 18.8 Å². The predicted octanol–water partition coefficient (Wildman–Crippen LogP) is 1.39. The quantitative estimate of drug-likeness (QED) is 0.831. The molecule has 2 atom stereocenters. The second kappa shape index (κ2) is 4.77. The highest BCUT2D eigenvalue weighted by Crippen LogP contribution is 2.27. The minimum Gasteiger partial charge on any atom is -0.386 e. The first kappa shape index (κ1) is 11.5. The van der Waals surface area contributed by atoms with Crippen LogP contribution in [0.3, 0.4) is 0 Å². The fourth-order valence-electron chi connectivity index (χ4n) is 1.38. The molecule has 0 aliphatic rings. The molecule has 2 unspecified atom stereocenters. The van der Waals surface area contributed by atoms with Crippen molar-refractivity contribution in [1.82, 2.24) is 9.78 Å². The van der Waals surface area contributed by atoms with Crippen molar-refractivity contribution in [3.05, 3.63) is 16.9 Å². The number of aliphatic hydroxyl groups excluding tert-OH is 1. The van der Waals surface area contributed by atoms with E-state index in [2.05, 4.69) is 5.10 Å². The molecule has 4 nitrogen and oxygen atoms in total. The van der Waals surface area contributed by atoms with Crippen molar-refractivity contribution in [1.29, 1.82) is 0 Å². The van der Waals surface area contributed by atoms with Crippen LogP contribution < -0.4 is 0 Å². The zero-order valence-electron chi connectivity index (χ0n) is 8.57. The Morgan fingerprint density at radius 3 is 2.79 bits per heavy atom. The summed E-state index contributed by atoms with van der Waals surface area (Å²) in [6, 6.07) is 0. The number of methoxy groups -OCH3 is 1. The summed E-state index contributed by atoms with van der Waals surface area (Å²) in [6.45, 7) is 2.39. The van der Waals surface area contributed by atoms with Gasteiger partial charge in [0.2, 0.25) is 0 Å². The normalized spacial score (nSPS) is 15.5. The number of aliphatic hydroxyl groups is 1. The largest absolute Gasteiger partial charge is 0.386 e. The molecule has 0 bridgehead atoms. The topological polar surface area (TPSA) is 47.3 Å². The average Bonchev–Trinajstić information content (AvgIpc) is 2.46. The summed E-state index contributed by atoms with van der Waals surface area (Å²) < 4.78 is 6.55. The molecule has 0 spiro atoms. The fraction of sp³-hybridized carbons (Fsp3) is 0.667. The maximum Gasteiger partial charge on any atom is 0.102 e. The lowest BCUT2D eigenvalue weighted by atomic mass is 10.0. The van der Waals surface area contributed by atoms with E-state index in [4.69, 9.17) is 16.3 Å². The van der Waals surface area contributed by atoms with Crippen LogP contribution in [0.1, 0.15) is 18.7 Å². The summed E-state index contributed by atoms with van der Waals surface area (Å²) in [6.07, 6.45) is 0.884. The third-order valence-electron chi connectivity index (χ3n) is 2.19. The molecule has 0 fully saturated rings. The molecule has 1 rings (SSSR count). The first-order valence-corrected chi connectivity index (χ1v) is 4.80. The molecule has 1 aromatic heterocycles. The molecule has 1 N–H and O–H groups in total. The van der Waals surface area contributed by atoms with Crippen LogP contribution in [0, 0.1) is 5.92 Å². The molecule has 0 aliphatic carbocycles. The highest BCUT2D eigenvalue weighted by molar-refractivity contribution is 6.31. The van der Waals surface area contributed by atoms with E-state index in [1.807, 2.05) is 6.92 Å². The maximum absolute atomic E-state index is 9.95. The first-order chi connectivity index (χ1) is 6.57. The smallest absolute Gasteiger partial charge is 0.102 e. The van der Waals surface area contributed by atoms with Crippen molar-refractivity contribution in [2.24, 2.45) is 13.0 Å². The number of ether oxygens (including phenoxy) is 1. The molecule has 5 heteroatoms. The van der Waals surface area contributed by atoms with E-state index in [-0.39, 0.29) is 5.92 Å². The van der Waals surface area contributed by atoms with Gasteiger partial charge in [0.25, 0.3) is 0 Å². The lowest BCUT2D eigenvalue weighted by Crippen LogP contribution is -2.17. The summed E-state index contributed by atoms with van der Waals surface area (Å²) in [5.74, 6) is -0.00657. The van der Waals surface area contributed by atoms with Crippen LogP contribution in [0.5, 0.6) is 0 Å². The molecule has 1 heterocycles. The van der Waals surface area contributed by atoms with Crippen molar-refractivity contribution in [3.63, 3.8) is 0 Å². The lowest BCUT2D eigenvalue weighted by molar-refractivity contribution is 0.0518. The van der Waals surface area contributed by atoms with E-state index in [9.17, 15) is 5.11 Å². The second-order valence-corrected chi connectivity index (χ2v) is 3.79. The van der Waals surface area contributed by atoms with Crippen LogP contribution in [0.15, 0.2) is 6.20 Å². The summed E-state index contributed by atoms with van der Waals surface area (Å²) in [5.41, 5.74) is 0.635. The Bertz CT molecular complexity index is 282. The number of nitrogens with zero attached hydrogens (tertiary/aromatic N) is 2. The minimum atomic E-state index is -0.644. The molecule has 0 amide bonds. The Hall–Kier alpha value is -0.580. The maximum atomic E-state index is 9.95. The standard InChI is InChI=1S/C9H15ClN2O2/c1-6(5-14-3)9(13)8-7(10)4-11-12(8)2/h4,6,9,13H,5H2,1-3H3. The molecule has 1 aromatic rings. The molecule has 0 aliphatic heterocycles. The van der Waals surface area contributed by atoms with E-state index in [1.165, 1.54) is 6.20 Å². The summed E-state index contributed by atoms with van der Waals surface area (Å²) in [5, 5.41) is 14.4. The summed E-state index contributed by atoms with van der Waals surface area (Å²) in [4.78, 5) is 0. The number of halogens is 1. The van der Waals surface area contributed by atoms with E-state index in [0.717, 1.165) is 0 Å². The van der Waals surface area contributed by atoms with E-state index >= 15 is 0 Å². The monoisotopic (exact) mass is 218 g/mol. The molecular weight excluding hydrogens is 204 g/mol. The zero-order valence-corrected chi connectivity index (χ0v) is 9.32. The van der Waals surface area contributed by atoms with Gasteiger partial charge in [0.05, 0.1) is 23.5 Å². The third kappa shape index (κ3) is 2.26. The predicted molar refractivity (Wildman–Crippen MR) is 54.2 cm³/mol. The minimum absolute atomic E-state index is 0.00657. The van der Waals surface area contributed by atoms with Gasteiger partial charge in [0.15, 0.2) is 0 Å². The van der Waals surface area contributed by atoms with Gasteiger partial charge < -0.3 is 9.84 Å². The Labute approximate surface area is 88.4 Å². The van der Waals surface area contributed by atoms with Gasteiger partial charge in [0, 0.05) is 20.1 Å². The highest BCUT2D eigenvalue weighted by atomic mass is 35.5. The van der Waals surface area contributed by atoms with Gasteiger partial charge in [-0.05, 0) is 0 Å². The zero-order chi connectivity index (χ0) is 10.7. The molecule has 0 aromatic carbocycles. The van der Waals surface area contributed by atoms with Crippen molar-refractivity contribution < 1.29 is 9.84 Å². The second-order valence-electron chi connectivity index (χ2n) is 3.38. The van der Waals surface area contributed by atoms with Gasteiger partial charge in [-0.15, -0.1) is 0 Å². The van der Waals surface area contributed by atoms with E-state index < -0.39 is 6.10 Å². The lowest BCUT2D eigenvalue weighted by Gasteiger charge is -2.18.